The van der Waals surface area contributed by atoms with Crippen molar-refractivity contribution in [3.63, 3.8) is 0 Å². The van der Waals surface area contributed by atoms with Crippen LogP contribution in [0.5, 0.6) is 5.75 Å². The van der Waals surface area contributed by atoms with Crippen molar-refractivity contribution >= 4 is 35.0 Å². The smallest absolute Gasteiger partial charge is 0.432 e. The van der Waals surface area contributed by atoms with Gasteiger partial charge in [-0.05, 0) is 37.5 Å². The lowest BCUT2D eigenvalue weighted by atomic mass is 9.93. The van der Waals surface area contributed by atoms with Crippen LogP contribution in [0.4, 0.5) is 39.5 Å². The molecule has 0 spiro atoms. The van der Waals surface area contributed by atoms with Crippen LogP contribution in [0.1, 0.15) is 48.5 Å². The molecule has 0 N–H and O–H groups in total. The van der Waals surface area contributed by atoms with Gasteiger partial charge in [0, 0.05) is 41.5 Å². The van der Waals surface area contributed by atoms with Gasteiger partial charge in [-0.25, -0.2) is 14.1 Å². The number of halogens is 11. The molecule has 44 heavy (non-hydrogen) atoms. The van der Waals surface area contributed by atoms with E-state index >= 15 is 0 Å². The molecule has 2 amide bonds. The topological polar surface area (TPSA) is 77.3 Å². The number of imide groups is 1. The monoisotopic (exact) mass is 676 g/mol. The first-order valence-corrected chi connectivity index (χ1v) is 13.3. The molecule has 18 heteroatoms. The van der Waals surface area contributed by atoms with Gasteiger partial charge < -0.3 is 4.74 Å². The van der Waals surface area contributed by atoms with Gasteiger partial charge in [0.1, 0.15) is 10.8 Å². The third-order valence-corrected chi connectivity index (χ3v) is 7.09. The molecule has 1 aliphatic rings. The molecule has 0 bridgehead atoms. The minimum absolute atomic E-state index is 0.0298. The van der Waals surface area contributed by atoms with Gasteiger partial charge in [0.05, 0.1) is 16.8 Å². The number of carbonyl (C=O) groups excluding carboxylic acids is 2. The molecule has 238 valence electrons. The van der Waals surface area contributed by atoms with Gasteiger partial charge in [0.2, 0.25) is 5.91 Å². The summed E-state index contributed by atoms with van der Waals surface area (Å²) in [6.45, 7) is -2.02. The Bertz CT molecular complexity index is 1560. The average Bonchev–Trinajstić information content (AvgIpc) is 3.61. The largest absolute Gasteiger partial charge is 0.435 e. The van der Waals surface area contributed by atoms with E-state index in [4.69, 9.17) is 23.2 Å². The molecule has 3 aromatic rings. The Balaban J connectivity index is 1.78. The highest BCUT2D eigenvalue weighted by Crippen LogP contribution is 2.54. The number of aromatic nitrogens is 3. The van der Waals surface area contributed by atoms with Gasteiger partial charge in [-0.1, -0.05) is 30.1 Å². The van der Waals surface area contributed by atoms with Crippen LogP contribution in [0.15, 0.2) is 36.8 Å². The molecular weight excluding hydrogens is 658 g/mol. The number of hydrogen-bond donors (Lipinski definition) is 0. The Labute approximate surface area is 252 Å². The third-order valence-electron chi connectivity index (χ3n) is 6.50. The highest BCUT2D eigenvalue weighted by molar-refractivity contribution is 6.33. The molecule has 2 heterocycles. The molecule has 0 saturated heterocycles. The summed E-state index contributed by atoms with van der Waals surface area (Å²) in [4.78, 5) is 30.9. The van der Waals surface area contributed by atoms with Crippen LogP contribution in [0.25, 0.3) is 16.8 Å². The summed E-state index contributed by atoms with van der Waals surface area (Å²) in [5, 5.41) is 2.57. The van der Waals surface area contributed by atoms with E-state index in [2.05, 4.69) is 14.8 Å². The van der Waals surface area contributed by atoms with Crippen molar-refractivity contribution < 1.29 is 53.8 Å². The SMILES string of the molecule is CCCC(=O)N(C(=O)c1cc(-c2cnn(-c3c(Cl)cc(C(F)(C(F)(F)F)C(F)(F)F)cc3OC(F)F)c2)cnc1Cl)C1CC1. The van der Waals surface area contributed by atoms with Crippen LogP contribution in [-0.4, -0.2) is 56.5 Å². The quantitative estimate of drug-likeness (QED) is 0.169. The number of carbonyl (C=O) groups is 2. The van der Waals surface area contributed by atoms with E-state index in [0.717, 1.165) is 17.3 Å². The number of amides is 2. The lowest BCUT2D eigenvalue weighted by molar-refractivity contribution is -0.348. The zero-order valence-electron chi connectivity index (χ0n) is 22.1. The second-order valence-corrected chi connectivity index (χ2v) is 10.4. The number of pyridine rings is 1. The molecule has 1 saturated carbocycles. The minimum Gasteiger partial charge on any atom is -0.432 e. The summed E-state index contributed by atoms with van der Waals surface area (Å²) < 4.78 is 126. The maximum atomic E-state index is 14.7. The van der Waals surface area contributed by atoms with Gasteiger partial charge in [-0.15, -0.1) is 0 Å². The second-order valence-electron chi connectivity index (χ2n) is 9.62. The first kappa shape index (κ1) is 33.4. The van der Waals surface area contributed by atoms with E-state index < -0.39 is 58.5 Å². The van der Waals surface area contributed by atoms with E-state index in [1.54, 1.807) is 6.92 Å². The molecular formula is C26H19Cl2F9N4O3. The Hall–Kier alpha value is -3.53. The molecule has 7 nitrogen and oxygen atoms in total. The normalized spacial score (nSPS) is 14.2. The zero-order valence-corrected chi connectivity index (χ0v) is 23.6. The van der Waals surface area contributed by atoms with E-state index in [9.17, 15) is 49.1 Å². The number of rotatable bonds is 9. The van der Waals surface area contributed by atoms with E-state index in [1.807, 2.05) is 0 Å². The summed E-state index contributed by atoms with van der Waals surface area (Å²) in [5.41, 5.74) is -8.81. The Morgan fingerprint density at radius 3 is 2.20 bits per heavy atom. The maximum Gasteiger partial charge on any atom is 0.435 e. The Kier molecular flexibility index (Phi) is 9.18. The Morgan fingerprint density at radius 1 is 1.02 bits per heavy atom. The van der Waals surface area contributed by atoms with Crippen LogP contribution in [0, 0.1) is 0 Å². The predicted molar refractivity (Wildman–Crippen MR) is 137 cm³/mol. The fourth-order valence-electron chi connectivity index (χ4n) is 4.30. The van der Waals surface area contributed by atoms with Crippen molar-refractivity contribution in [3.05, 3.63) is 58.1 Å². The summed E-state index contributed by atoms with van der Waals surface area (Å²) in [6, 6.07) is 0.729. The molecule has 0 unspecified atom stereocenters. The van der Waals surface area contributed by atoms with Crippen LogP contribution >= 0.6 is 23.2 Å². The summed E-state index contributed by atoms with van der Waals surface area (Å²) in [7, 11) is 0. The molecule has 0 radical (unpaired) electrons. The van der Waals surface area contributed by atoms with Gasteiger partial charge in [-0.3, -0.25) is 14.5 Å². The molecule has 1 aliphatic carbocycles. The van der Waals surface area contributed by atoms with Crippen molar-refractivity contribution in [2.75, 3.05) is 0 Å². The minimum atomic E-state index is -6.55. The van der Waals surface area contributed by atoms with Crippen LogP contribution in [0.2, 0.25) is 10.2 Å². The number of alkyl halides is 9. The number of ether oxygens (including phenoxy) is 1. The first-order valence-electron chi connectivity index (χ1n) is 12.6. The standard InChI is InChI=1S/C26H19Cl2F9N4O3/c1-2-3-19(42)41(15-4-5-15)22(43)16-6-12(9-38-21(16)28)13-10-39-40(11-13)20-17(27)7-14(8-18(20)44-23(29)30)24(31,25(32,33)34)26(35,36)37/h6-11,15,23H,2-5H2,1H3. The fourth-order valence-corrected chi connectivity index (χ4v) is 4.78. The van der Waals surface area contributed by atoms with Gasteiger partial charge in [0.15, 0.2) is 5.75 Å². The van der Waals surface area contributed by atoms with Crippen molar-refractivity contribution in [1.29, 1.82) is 0 Å². The van der Waals surface area contributed by atoms with E-state index in [1.165, 1.54) is 12.3 Å². The lowest BCUT2D eigenvalue weighted by Crippen LogP contribution is -2.50. The number of hydrogen-bond acceptors (Lipinski definition) is 5. The number of nitrogens with zero attached hydrogens (tertiary/aromatic N) is 4. The predicted octanol–water partition coefficient (Wildman–Crippen LogP) is 8.06. The molecule has 2 aromatic heterocycles. The van der Waals surface area contributed by atoms with Crippen LogP contribution in [0.3, 0.4) is 0 Å². The van der Waals surface area contributed by atoms with E-state index in [-0.39, 0.29) is 46.4 Å². The van der Waals surface area contributed by atoms with Crippen molar-refractivity contribution in [3.8, 4) is 22.6 Å². The number of benzene rings is 1. The van der Waals surface area contributed by atoms with Gasteiger partial charge >= 0.3 is 24.6 Å². The maximum absolute atomic E-state index is 14.7. The highest BCUT2D eigenvalue weighted by Gasteiger charge is 2.73. The van der Waals surface area contributed by atoms with Gasteiger partial charge in [-0.2, -0.15) is 40.2 Å². The summed E-state index contributed by atoms with van der Waals surface area (Å²) in [5.74, 6) is -2.48. The summed E-state index contributed by atoms with van der Waals surface area (Å²) >= 11 is 12.1. The van der Waals surface area contributed by atoms with Crippen LogP contribution in [-0.2, 0) is 10.5 Å². The lowest BCUT2D eigenvalue weighted by Gasteiger charge is -2.31. The average molecular weight is 677 g/mol. The first-order chi connectivity index (χ1) is 20.4. The van der Waals surface area contributed by atoms with Crippen LogP contribution < -0.4 is 4.74 Å². The molecule has 4 rings (SSSR count). The van der Waals surface area contributed by atoms with Crippen molar-refractivity contribution in [2.45, 2.75) is 63.3 Å². The van der Waals surface area contributed by atoms with Gasteiger partial charge in [0.25, 0.3) is 5.91 Å². The van der Waals surface area contributed by atoms with E-state index in [0.29, 0.717) is 23.9 Å². The molecule has 1 aromatic carbocycles. The highest BCUT2D eigenvalue weighted by atomic mass is 35.5. The molecule has 0 atom stereocenters. The third kappa shape index (κ3) is 6.32. The molecule has 1 fully saturated rings. The summed E-state index contributed by atoms with van der Waals surface area (Å²) in [6.07, 6.45) is -7.99. The van der Waals surface area contributed by atoms with Crippen molar-refractivity contribution in [1.82, 2.24) is 19.7 Å². The Morgan fingerprint density at radius 2 is 1.66 bits per heavy atom. The second kappa shape index (κ2) is 12.1. The fraction of sp³-hybridized carbons (Fsp3) is 0.385. The zero-order chi connectivity index (χ0) is 32.8. The molecule has 0 aliphatic heterocycles. The van der Waals surface area contributed by atoms with Crippen molar-refractivity contribution in [2.24, 2.45) is 0 Å².